The van der Waals surface area contributed by atoms with Crippen molar-refractivity contribution in [2.75, 3.05) is 52.6 Å². The Balaban J connectivity index is 1.53. The van der Waals surface area contributed by atoms with Gasteiger partial charge in [0.25, 0.3) is 5.91 Å². The fraction of sp³-hybridized carbons (Fsp3) is 0.375. The monoisotopic (exact) mass is 662 g/mol. The molecule has 2 N–H and O–H groups in total. The molecule has 2 atom stereocenters. The summed E-state index contributed by atoms with van der Waals surface area (Å²) in [5.74, 6) is 0.662. The van der Waals surface area contributed by atoms with Crippen molar-refractivity contribution in [3.8, 4) is 5.75 Å². The van der Waals surface area contributed by atoms with Gasteiger partial charge in [0.1, 0.15) is 5.75 Å². The molecule has 0 aromatic heterocycles. The highest BCUT2D eigenvalue weighted by molar-refractivity contribution is 9.10. The van der Waals surface area contributed by atoms with Gasteiger partial charge in [-0.1, -0.05) is 57.4 Å². The predicted molar refractivity (Wildman–Crippen MR) is 170 cm³/mol. The van der Waals surface area contributed by atoms with E-state index in [9.17, 15) is 10.3 Å². The Kier molecular flexibility index (Phi) is 10.9. The molecular formula is C32H35BrN6O5. The molecule has 2 heterocycles. The van der Waals surface area contributed by atoms with Gasteiger partial charge in [0.15, 0.2) is 11.6 Å². The standard InChI is InChI=1S/C32H35BrN6O5/c33-25-10-6-23(7-11-25)22-32(31(41)35-14-15-39-16-20-42-21-17-39)29(27-4-1-2-5-28(27)37-38-34)44-30(36-32)24-8-12-26(13-9-24)43-19-3-18-40/h1-2,4-13,29,40H,3,14-22H2,(H,35,41)/t29-,32-/m1/s1. The Hall–Kier alpha value is -3.93. The van der Waals surface area contributed by atoms with Gasteiger partial charge in [-0.05, 0) is 47.5 Å². The molecule has 12 heteroatoms. The summed E-state index contributed by atoms with van der Waals surface area (Å²) in [6.45, 7) is 4.53. The number of hydrogen-bond donors (Lipinski definition) is 2. The fourth-order valence-corrected chi connectivity index (χ4v) is 5.59. The van der Waals surface area contributed by atoms with E-state index in [0.29, 0.717) is 67.8 Å². The first-order valence-electron chi connectivity index (χ1n) is 14.6. The maximum atomic E-state index is 14.4. The Morgan fingerprint density at radius 1 is 1.14 bits per heavy atom. The van der Waals surface area contributed by atoms with Crippen LogP contribution in [0.15, 0.2) is 87.4 Å². The third-order valence-electron chi connectivity index (χ3n) is 7.61. The number of carbonyl (C=O) groups excluding carboxylic acids is 1. The van der Waals surface area contributed by atoms with Crippen LogP contribution >= 0.6 is 15.9 Å². The summed E-state index contributed by atoms with van der Waals surface area (Å²) in [5.41, 5.74) is 10.4. The Bertz CT molecular complexity index is 1490. The van der Waals surface area contributed by atoms with Crippen LogP contribution in [0.1, 0.15) is 29.2 Å². The topological polar surface area (TPSA) is 141 Å². The van der Waals surface area contributed by atoms with Crippen molar-refractivity contribution in [3.63, 3.8) is 0 Å². The molecule has 0 bridgehead atoms. The Morgan fingerprint density at radius 2 is 1.89 bits per heavy atom. The van der Waals surface area contributed by atoms with Crippen molar-refractivity contribution in [1.82, 2.24) is 10.2 Å². The molecule has 2 aliphatic heterocycles. The molecule has 0 aliphatic carbocycles. The van der Waals surface area contributed by atoms with E-state index < -0.39 is 11.6 Å². The second kappa shape index (κ2) is 15.2. The number of azide groups is 1. The lowest BCUT2D eigenvalue weighted by atomic mass is 9.81. The highest BCUT2D eigenvalue weighted by Gasteiger charge is 2.53. The third kappa shape index (κ3) is 7.58. The number of aliphatic hydroxyl groups excluding tert-OH is 1. The van der Waals surface area contributed by atoms with Crippen molar-refractivity contribution in [2.45, 2.75) is 24.5 Å². The summed E-state index contributed by atoms with van der Waals surface area (Å²) in [6.07, 6.45) is -0.111. The molecule has 0 radical (unpaired) electrons. The van der Waals surface area contributed by atoms with Gasteiger partial charge in [0, 0.05) is 71.8 Å². The van der Waals surface area contributed by atoms with E-state index in [-0.39, 0.29) is 18.9 Å². The Labute approximate surface area is 264 Å². The van der Waals surface area contributed by atoms with Gasteiger partial charge in [0.2, 0.25) is 5.90 Å². The minimum absolute atomic E-state index is 0.0520. The smallest absolute Gasteiger partial charge is 0.252 e. The number of halogens is 1. The van der Waals surface area contributed by atoms with Crippen LogP contribution in [0.2, 0.25) is 0 Å². The van der Waals surface area contributed by atoms with Crippen LogP contribution in [0.4, 0.5) is 5.69 Å². The van der Waals surface area contributed by atoms with Gasteiger partial charge in [-0.2, -0.15) is 0 Å². The van der Waals surface area contributed by atoms with Gasteiger partial charge in [-0.25, -0.2) is 4.99 Å². The fourth-order valence-electron chi connectivity index (χ4n) is 5.33. The maximum absolute atomic E-state index is 14.4. The molecule has 1 saturated heterocycles. The summed E-state index contributed by atoms with van der Waals surface area (Å²) in [4.78, 5) is 24.8. The van der Waals surface area contributed by atoms with Crippen molar-refractivity contribution in [1.29, 1.82) is 0 Å². The van der Waals surface area contributed by atoms with E-state index in [2.05, 4.69) is 36.2 Å². The number of rotatable bonds is 13. The van der Waals surface area contributed by atoms with Crippen molar-refractivity contribution < 1.29 is 24.1 Å². The largest absolute Gasteiger partial charge is 0.494 e. The number of nitrogens with zero attached hydrogens (tertiary/aromatic N) is 5. The third-order valence-corrected chi connectivity index (χ3v) is 8.13. The van der Waals surface area contributed by atoms with Crippen LogP contribution in [0, 0.1) is 0 Å². The van der Waals surface area contributed by atoms with E-state index in [1.165, 1.54) is 0 Å². The van der Waals surface area contributed by atoms with E-state index in [1.54, 1.807) is 24.3 Å². The summed E-state index contributed by atoms with van der Waals surface area (Å²) in [6, 6.07) is 22.1. The van der Waals surface area contributed by atoms with Gasteiger partial charge in [0.05, 0.1) is 19.8 Å². The van der Waals surface area contributed by atoms with Crippen LogP contribution in [0.5, 0.6) is 5.75 Å². The first-order chi connectivity index (χ1) is 21.5. The lowest BCUT2D eigenvalue weighted by Crippen LogP contribution is -2.51. The summed E-state index contributed by atoms with van der Waals surface area (Å²) in [5, 5.41) is 16.1. The van der Waals surface area contributed by atoms with Crippen LogP contribution in [0.25, 0.3) is 10.4 Å². The molecule has 3 aromatic carbocycles. The molecule has 5 rings (SSSR count). The molecule has 2 aliphatic rings. The zero-order valence-corrected chi connectivity index (χ0v) is 25.9. The molecule has 3 aromatic rings. The highest BCUT2D eigenvalue weighted by atomic mass is 79.9. The van der Waals surface area contributed by atoms with Gasteiger partial charge < -0.3 is 24.6 Å². The number of aliphatic hydroxyl groups is 1. The minimum atomic E-state index is -1.41. The predicted octanol–water partition coefficient (Wildman–Crippen LogP) is 5.10. The lowest BCUT2D eigenvalue weighted by molar-refractivity contribution is -0.129. The van der Waals surface area contributed by atoms with Crippen molar-refractivity contribution >= 4 is 33.4 Å². The molecule has 0 unspecified atom stereocenters. The number of ether oxygens (including phenoxy) is 3. The minimum Gasteiger partial charge on any atom is -0.494 e. The number of benzene rings is 3. The normalized spacial score (nSPS) is 19.9. The number of carbonyl (C=O) groups is 1. The number of nitrogens with one attached hydrogen (secondary N) is 1. The lowest BCUT2D eigenvalue weighted by Gasteiger charge is -2.32. The molecule has 1 fully saturated rings. The van der Waals surface area contributed by atoms with Gasteiger partial charge in [-0.3, -0.25) is 9.69 Å². The van der Waals surface area contributed by atoms with Crippen LogP contribution < -0.4 is 10.1 Å². The maximum Gasteiger partial charge on any atom is 0.252 e. The molecule has 44 heavy (non-hydrogen) atoms. The zero-order valence-electron chi connectivity index (χ0n) is 24.3. The number of hydrogen-bond acceptors (Lipinski definition) is 8. The highest BCUT2D eigenvalue weighted by Crippen LogP contribution is 2.45. The average molecular weight is 664 g/mol. The molecule has 0 saturated carbocycles. The molecule has 11 nitrogen and oxygen atoms in total. The second-order valence-corrected chi connectivity index (χ2v) is 11.5. The number of amides is 1. The first-order valence-corrected chi connectivity index (χ1v) is 15.4. The second-order valence-electron chi connectivity index (χ2n) is 10.6. The number of aliphatic imine (C=N–C) groups is 1. The zero-order chi connectivity index (χ0) is 30.8. The molecular weight excluding hydrogens is 628 g/mol. The van der Waals surface area contributed by atoms with E-state index >= 15 is 0 Å². The molecule has 0 spiro atoms. The van der Waals surface area contributed by atoms with Crippen molar-refractivity contribution in [3.05, 3.63) is 104 Å². The van der Waals surface area contributed by atoms with E-state index in [0.717, 1.165) is 23.1 Å². The van der Waals surface area contributed by atoms with Crippen LogP contribution in [-0.2, 0) is 20.7 Å². The average Bonchev–Trinajstić information content (AvgIpc) is 3.43. The van der Waals surface area contributed by atoms with Crippen LogP contribution in [-0.4, -0.2) is 80.0 Å². The summed E-state index contributed by atoms with van der Waals surface area (Å²) >= 11 is 3.50. The SMILES string of the molecule is [N-]=[N+]=Nc1ccccc1[C@H]1OC(c2ccc(OCCCO)cc2)=N[C@@]1(Cc1ccc(Br)cc1)C(=O)NCCN1CCOCC1. The van der Waals surface area contributed by atoms with E-state index in [1.807, 2.05) is 48.5 Å². The summed E-state index contributed by atoms with van der Waals surface area (Å²) < 4.78 is 18.7. The van der Waals surface area contributed by atoms with Gasteiger partial charge in [-0.15, -0.1) is 0 Å². The number of morpholine rings is 1. The molecule has 1 amide bonds. The van der Waals surface area contributed by atoms with E-state index in [4.69, 9.17) is 24.3 Å². The van der Waals surface area contributed by atoms with Crippen molar-refractivity contribution in [2.24, 2.45) is 10.1 Å². The Morgan fingerprint density at radius 3 is 2.61 bits per heavy atom. The molecule has 230 valence electrons. The first kappa shape index (κ1) is 31.5. The van der Waals surface area contributed by atoms with Crippen LogP contribution in [0.3, 0.4) is 0 Å². The quantitative estimate of drug-likeness (QED) is 0.113. The van der Waals surface area contributed by atoms with Gasteiger partial charge >= 0.3 is 0 Å². The summed E-state index contributed by atoms with van der Waals surface area (Å²) in [7, 11) is 0.